The number of para-hydroxylation sites is 1. The zero-order chi connectivity index (χ0) is 25.8. The number of hydrogen-bond acceptors (Lipinski definition) is 4. The van der Waals surface area contributed by atoms with Gasteiger partial charge in [-0.2, -0.15) is 0 Å². The number of nitrogens with one attached hydrogen (secondary N) is 1. The number of fused-ring (bicyclic) bond motifs is 1. The lowest BCUT2D eigenvalue weighted by Crippen LogP contribution is -2.49. The molecule has 37 heavy (non-hydrogen) atoms. The van der Waals surface area contributed by atoms with E-state index >= 15 is 0 Å². The number of rotatable bonds is 7. The lowest BCUT2D eigenvalue weighted by atomic mass is 10.0. The van der Waals surface area contributed by atoms with Gasteiger partial charge in [-0.3, -0.25) is 14.7 Å². The first kappa shape index (κ1) is 25.1. The van der Waals surface area contributed by atoms with E-state index in [0.29, 0.717) is 16.4 Å². The second-order valence-electron chi connectivity index (χ2n) is 9.64. The summed E-state index contributed by atoms with van der Waals surface area (Å²) < 4.78 is 16.2. The number of carbonyl (C=O) groups is 1. The Morgan fingerprint density at radius 2 is 1.73 bits per heavy atom. The molecule has 2 heterocycles. The van der Waals surface area contributed by atoms with E-state index in [1.54, 1.807) is 6.20 Å². The van der Waals surface area contributed by atoms with Gasteiger partial charge >= 0.3 is 0 Å². The number of nitrogens with zero attached hydrogens (tertiary/aromatic N) is 3. The first-order valence-electron chi connectivity index (χ1n) is 12.7. The average molecular weight is 513 g/mol. The highest BCUT2D eigenvalue weighted by molar-refractivity contribution is 7.86. The predicted molar refractivity (Wildman–Crippen MR) is 150 cm³/mol. The van der Waals surface area contributed by atoms with Crippen molar-refractivity contribution in [3.63, 3.8) is 0 Å². The number of anilines is 1. The van der Waals surface area contributed by atoms with Crippen LogP contribution in [-0.4, -0.2) is 57.6 Å². The molecule has 1 fully saturated rings. The molecular formula is C30H32N4O2S. The third-order valence-corrected chi connectivity index (χ3v) is 8.17. The quantitative estimate of drug-likeness (QED) is 0.368. The molecule has 0 saturated carbocycles. The SMILES string of the molecule is Cc1cc(C(=O)N2CCN(CC(C)c3ccccc3)CC2)ccc1NS(=O)c1cccc2cccnc12. The first-order chi connectivity index (χ1) is 18.0. The van der Waals surface area contributed by atoms with Crippen LogP contribution in [0.25, 0.3) is 10.9 Å². The van der Waals surface area contributed by atoms with Crippen molar-refractivity contribution in [3.05, 3.63) is 102 Å². The maximum absolute atomic E-state index is 13.2. The van der Waals surface area contributed by atoms with Crippen LogP contribution in [0.15, 0.2) is 90.0 Å². The second-order valence-corrected chi connectivity index (χ2v) is 10.8. The monoisotopic (exact) mass is 512 g/mol. The fourth-order valence-electron chi connectivity index (χ4n) is 4.88. The Bertz CT molecular complexity index is 1410. The molecule has 0 spiro atoms. The Balaban J connectivity index is 1.20. The zero-order valence-corrected chi connectivity index (χ0v) is 22.1. The maximum Gasteiger partial charge on any atom is 0.253 e. The van der Waals surface area contributed by atoms with Crippen LogP contribution in [0.1, 0.15) is 34.3 Å². The number of pyridine rings is 1. The minimum Gasteiger partial charge on any atom is -0.336 e. The Morgan fingerprint density at radius 3 is 2.49 bits per heavy atom. The van der Waals surface area contributed by atoms with Crippen LogP contribution >= 0.6 is 0 Å². The molecule has 2 unspecified atom stereocenters. The highest BCUT2D eigenvalue weighted by Gasteiger charge is 2.24. The molecule has 1 amide bonds. The summed E-state index contributed by atoms with van der Waals surface area (Å²) in [7, 11) is -1.48. The van der Waals surface area contributed by atoms with Crippen LogP contribution in [0.2, 0.25) is 0 Å². The fraction of sp³-hybridized carbons (Fsp3) is 0.267. The number of piperazine rings is 1. The molecular weight excluding hydrogens is 480 g/mol. The van der Waals surface area contributed by atoms with Crippen LogP contribution in [0, 0.1) is 6.92 Å². The minimum atomic E-state index is -1.48. The third kappa shape index (κ3) is 5.73. The standard InChI is InChI=1S/C30H32N4O2S/c1-22-20-26(13-14-27(22)32-37(36)28-12-6-10-25-11-7-15-31-29(25)28)30(35)34-18-16-33(17-19-34)21-23(2)24-8-4-3-5-9-24/h3-15,20,23,32H,16-19,21H2,1-2H3. The van der Waals surface area contributed by atoms with Gasteiger partial charge in [-0.15, -0.1) is 0 Å². The van der Waals surface area contributed by atoms with Gasteiger partial charge in [0.1, 0.15) is 0 Å². The van der Waals surface area contributed by atoms with Crippen LogP contribution in [0.5, 0.6) is 0 Å². The van der Waals surface area contributed by atoms with E-state index in [4.69, 9.17) is 0 Å². The highest BCUT2D eigenvalue weighted by atomic mass is 32.2. The van der Waals surface area contributed by atoms with E-state index in [1.165, 1.54) is 5.56 Å². The van der Waals surface area contributed by atoms with Crippen LogP contribution in [0.3, 0.4) is 0 Å². The maximum atomic E-state index is 13.2. The van der Waals surface area contributed by atoms with Gasteiger partial charge in [-0.25, -0.2) is 4.21 Å². The molecule has 0 radical (unpaired) electrons. The van der Waals surface area contributed by atoms with E-state index in [1.807, 2.05) is 66.4 Å². The summed E-state index contributed by atoms with van der Waals surface area (Å²) in [5.74, 6) is 0.506. The molecule has 1 saturated heterocycles. The Morgan fingerprint density at radius 1 is 0.973 bits per heavy atom. The molecule has 6 nitrogen and oxygen atoms in total. The predicted octanol–water partition coefficient (Wildman–Crippen LogP) is 5.24. The van der Waals surface area contributed by atoms with Gasteiger partial charge in [-0.1, -0.05) is 55.5 Å². The molecule has 1 aliphatic heterocycles. The van der Waals surface area contributed by atoms with Crippen LogP contribution in [0.4, 0.5) is 5.69 Å². The normalized spacial score (nSPS) is 15.9. The molecule has 2 atom stereocenters. The number of carbonyl (C=O) groups excluding carboxylic acids is 1. The van der Waals surface area contributed by atoms with Crippen molar-refractivity contribution >= 4 is 33.5 Å². The van der Waals surface area contributed by atoms with Crippen LogP contribution in [-0.2, 0) is 11.0 Å². The van der Waals surface area contributed by atoms with Crippen molar-refractivity contribution < 1.29 is 9.00 Å². The average Bonchev–Trinajstić information content (AvgIpc) is 2.94. The molecule has 4 aromatic rings. The fourth-order valence-corrected chi connectivity index (χ4v) is 5.97. The van der Waals surface area contributed by atoms with Gasteiger partial charge in [0.05, 0.1) is 10.4 Å². The zero-order valence-electron chi connectivity index (χ0n) is 21.3. The van der Waals surface area contributed by atoms with Crippen molar-refractivity contribution in [2.24, 2.45) is 0 Å². The topological polar surface area (TPSA) is 65.5 Å². The number of aryl methyl sites for hydroxylation is 1. The Kier molecular flexibility index (Phi) is 7.63. The number of amides is 1. The van der Waals surface area contributed by atoms with Gasteiger partial charge in [0.15, 0.2) is 11.0 Å². The van der Waals surface area contributed by atoms with E-state index in [2.05, 4.69) is 45.8 Å². The van der Waals surface area contributed by atoms with Crippen molar-refractivity contribution in [1.29, 1.82) is 0 Å². The molecule has 1 aliphatic rings. The largest absolute Gasteiger partial charge is 0.336 e. The summed E-state index contributed by atoms with van der Waals surface area (Å²) in [5.41, 5.74) is 4.34. The van der Waals surface area contributed by atoms with Crippen molar-refractivity contribution in [2.45, 2.75) is 24.7 Å². The Hall–Kier alpha value is -3.55. The molecule has 7 heteroatoms. The van der Waals surface area contributed by atoms with Gasteiger partial charge in [0, 0.05) is 55.6 Å². The van der Waals surface area contributed by atoms with Crippen molar-refractivity contribution in [3.8, 4) is 0 Å². The van der Waals surface area contributed by atoms with Crippen LogP contribution < -0.4 is 4.72 Å². The van der Waals surface area contributed by atoms with E-state index in [-0.39, 0.29) is 5.91 Å². The number of hydrogen-bond donors (Lipinski definition) is 1. The molecule has 5 rings (SSSR count). The smallest absolute Gasteiger partial charge is 0.253 e. The lowest BCUT2D eigenvalue weighted by Gasteiger charge is -2.36. The number of benzene rings is 3. The molecule has 0 aliphatic carbocycles. The van der Waals surface area contributed by atoms with Gasteiger partial charge in [0.25, 0.3) is 5.91 Å². The highest BCUT2D eigenvalue weighted by Crippen LogP contribution is 2.24. The summed E-state index contributed by atoms with van der Waals surface area (Å²) in [4.78, 5) is 22.6. The molecule has 3 aromatic carbocycles. The summed E-state index contributed by atoms with van der Waals surface area (Å²) in [6, 6.07) is 25.6. The summed E-state index contributed by atoms with van der Waals surface area (Å²) in [5, 5.41) is 0.947. The minimum absolute atomic E-state index is 0.0461. The Labute approximate surface area is 220 Å². The summed E-state index contributed by atoms with van der Waals surface area (Å²) in [6.45, 7) is 8.37. The third-order valence-electron chi connectivity index (χ3n) is 7.03. The van der Waals surface area contributed by atoms with E-state index in [9.17, 15) is 9.00 Å². The summed E-state index contributed by atoms with van der Waals surface area (Å²) in [6.07, 6.45) is 1.71. The van der Waals surface area contributed by atoms with Gasteiger partial charge < -0.3 is 9.62 Å². The first-order valence-corrected chi connectivity index (χ1v) is 13.8. The lowest BCUT2D eigenvalue weighted by molar-refractivity contribution is 0.0631. The molecule has 1 N–H and O–H groups in total. The number of aromatic nitrogens is 1. The molecule has 1 aromatic heterocycles. The second kappa shape index (κ2) is 11.2. The van der Waals surface area contributed by atoms with E-state index < -0.39 is 11.0 Å². The van der Waals surface area contributed by atoms with Crippen molar-refractivity contribution in [2.75, 3.05) is 37.4 Å². The molecule has 0 bridgehead atoms. The van der Waals surface area contributed by atoms with Gasteiger partial charge in [0.2, 0.25) is 0 Å². The van der Waals surface area contributed by atoms with E-state index in [0.717, 1.165) is 54.9 Å². The summed E-state index contributed by atoms with van der Waals surface area (Å²) >= 11 is 0. The van der Waals surface area contributed by atoms with Gasteiger partial charge in [-0.05, 0) is 54.3 Å². The molecule has 190 valence electrons. The van der Waals surface area contributed by atoms with Crippen molar-refractivity contribution in [1.82, 2.24) is 14.8 Å².